The van der Waals surface area contributed by atoms with Crippen molar-refractivity contribution in [2.45, 2.75) is 38.8 Å². The second-order valence-electron chi connectivity index (χ2n) is 3.02. The highest BCUT2D eigenvalue weighted by atomic mass is 19.3. The second kappa shape index (κ2) is 2.82. The summed E-state index contributed by atoms with van der Waals surface area (Å²) in [7, 11) is 0. The third-order valence-electron chi connectivity index (χ3n) is 2.06. The van der Waals surface area contributed by atoms with E-state index in [1.54, 1.807) is 0 Å². The van der Waals surface area contributed by atoms with Gasteiger partial charge in [-0.3, -0.25) is 4.90 Å². The van der Waals surface area contributed by atoms with Crippen molar-refractivity contribution in [3.05, 3.63) is 0 Å². The van der Waals surface area contributed by atoms with E-state index in [2.05, 4.69) is 0 Å². The highest BCUT2D eigenvalue weighted by Gasteiger charge is 2.36. The average Bonchev–Trinajstić information content (AvgIpc) is 1.56. The molecule has 60 valence electrons. The maximum Gasteiger partial charge on any atom is 0.253 e. The minimum atomic E-state index is -2.16. The Morgan fingerprint density at radius 1 is 1.40 bits per heavy atom. The Hall–Kier alpha value is -0.180. The zero-order valence-corrected chi connectivity index (χ0v) is 6.35. The highest BCUT2D eigenvalue weighted by Crippen LogP contribution is 2.25. The summed E-state index contributed by atoms with van der Waals surface area (Å²) >= 11 is 0. The van der Waals surface area contributed by atoms with Crippen LogP contribution in [-0.4, -0.2) is 30.0 Å². The van der Waals surface area contributed by atoms with Crippen molar-refractivity contribution < 1.29 is 8.78 Å². The van der Waals surface area contributed by atoms with Crippen molar-refractivity contribution in [1.29, 1.82) is 0 Å². The van der Waals surface area contributed by atoms with Gasteiger partial charge in [-0.1, -0.05) is 0 Å². The number of alkyl halides is 2. The van der Waals surface area contributed by atoms with Crippen molar-refractivity contribution in [2.75, 3.05) is 6.54 Å². The maximum absolute atomic E-state index is 12.0. The Morgan fingerprint density at radius 2 is 2.00 bits per heavy atom. The van der Waals surface area contributed by atoms with E-state index in [4.69, 9.17) is 0 Å². The van der Waals surface area contributed by atoms with Crippen LogP contribution < -0.4 is 0 Å². The third kappa shape index (κ3) is 1.29. The Labute approximate surface area is 60.0 Å². The van der Waals surface area contributed by atoms with Crippen molar-refractivity contribution in [1.82, 2.24) is 4.90 Å². The largest absolute Gasteiger partial charge is 0.292 e. The van der Waals surface area contributed by atoms with Gasteiger partial charge in [0.25, 0.3) is 6.43 Å². The lowest BCUT2D eigenvalue weighted by atomic mass is 10.0. The fourth-order valence-corrected chi connectivity index (χ4v) is 1.34. The molecule has 1 saturated heterocycles. The fourth-order valence-electron chi connectivity index (χ4n) is 1.34. The molecule has 1 rings (SSSR count). The molecule has 0 saturated carbocycles. The van der Waals surface area contributed by atoms with Gasteiger partial charge in [-0.05, 0) is 20.3 Å². The van der Waals surface area contributed by atoms with Crippen LogP contribution in [0.1, 0.15) is 20.3 Å². The molecular formula is C7H13F2N. The summed E-state index contributed by atoms with van der Waals surface area (Å²) in [5.74, 6) is 0. The van der Waals surface area contributed by atoms with Gasteiger partial charge in [0.15, 0.2) is 0 Å². The molecule has 1 aliphatic heterocycles. The van der Waals surface area contributed by atoms with E-state index < -0.39 is 12.5 Å². The molecule has 10 heavy (non-hydrogen) atoms. The van der Waals surface area contributed by atoms with E-state index in [9.17, 15) is 8.78 Å². The van der Waals surface area contributed by atoms with E-state index in [1.165, 1.54) is 0 Å². The molecule has 1 atom stereocenters. The first-order chi connectivity index (χ1) is 4.63. The number of hydrogen-bond acceptors (Lipinski definition) is 1. The third-order valence-corrected chi connectivity index (χ3v) is 2.06. The molecule has 0 radical (unpaired) electrons. The van der Waals surface area contributed by atoms with Crippen molar-refractivity contribution in [2.24, 2.45) is 0 Å². The normalized spacial score (nSPS) is 27.6. The van der Waals surface area contributed by atoms with E-state index >= 15 is 0 Å². The lowest BCUT2D eigenvalue weighted by Gasteiger charge is -2.43. The first-order valence-corrected chi connectivity index (χ1v) is 3.67. The monoisotopic (exact) mass is 149 g/mol. The lowest BCUT2D eigenvalue weighted by Crippen LogP contribution is -2.54. The Morgan fingerprint density at radius 3 is 2.10 bits per heavy atom. The van der Waals surface area contributed by atoms with Crippen LogP contribution >= 0.6 is 0 Å². The van der Waals surface area contributed by atoms with Gasteiger partial charge in [0.05, 0.1) is 6.04 Å². The standard InChI is InChI=1S/C7H13F2N/c1-5(2)10-4-3-6(10)7(8)9/h5-7H,3-4H2,1-2H3. The van der Waals surface area contributed by atoms with E-state index in [1.807, 2.05) is 18.7 Å². The summed E-state index contributed by atoms with van der Waals surface area (Å²) in [6, 6.07) is -0.187. The van der Waals surface area contributed by atoms with Gasteiger partial charge in [-0.25, -0.2) is 8.78 Å². The van der Waals surface area contributed by atoms with Gasteiger partial charge in [0.1, 0.15) is 0 Å². The molecule has 0 aromatic heterocycles. The first kappa shape index (κ1) is 7.92. The van der Waals surface area contributed by atoms with Gasteiger partial charge in [-0.2, -0.15) is 0 Å². The Bertz CT molecular complexity index is 100. The molecule has 1 aliphatic rings. The van der Waals surface area contributed by atoms with Crippen LogP contribution in [0.25, 0.3) is 0 Å². The minimum Gasteiger partial charge on any atom is -0.292 e. The van der Waals surface area contributed by atoms with Gasteiger partial charge in [-0.15, -0.1) is 0 Å². The van der Waals surface area contributed by atoms with Crippen LogP contribution in [0.2, 0.25) is 0 Å². The molecule has 0 aromatic rings. The van der Waals surface area contributed by atoms with E-state index in [0.717, 1.165) is 6.54 Å². The maximum atomic E-state index is 12.0. The quantitative estimate of drug-likeness (QED) is 0.578. The molecule has 0 N–H and O–H groups in total. The zero-order chi connectivity index (χ0) is 7.72. The Kier molecular flexibility index (Phi) is 2.24. The summed E-state index contributed by atoms with van der Waals surface area (Å²) in [6.45, 7) is 4.75. The SMILES string of the molecule is CC(C)N1CCC1C(F)F. The van der Waals surface area contributed by atoms with Crippen LogP contribution in [0.5, 0.6) is 0 Å². The molecule has 3 heteroatoms. The van der Waals surface area contributed by atoms with Crippen LogP contribution in [0, 0.1) is 0 Å². The molecule has 0 bridgehead atoms. The van der Waals surface area contributed by atoms with Gasteiger partial charge in [0.2, 0.25) is 0 Å². The van der Waals surface area contributed by atoms with Crippen LogP contribution in [0.15, 0.2) is 0 Å². The average molecular weight is 149 g/mol. The van der Waals surface area contributed by atoms with Gasteiger partial charge >= 0.3 is 0 Å². The number of hydrogen-bond donors (Lipinski definition) is 0. The van der Waals surface area contributed by atoms with Crippen molar-refractivity contribution >= 4 is 0 Å². The molecule has 1 unspecified atom stereocenters. The molecule has 0 aromatic carbocycles. The number of halogens is 2. The summed E-state index contributed by atoms with van der Waals surface area (Å²) in [5.41, 5.74) is 0. The molecule has 1 fully saturated rings. The first-order valence-electron chi connectivity index (χ1n) is 3.67. The summed E-state index contributed by atoms with van der Waals surface area (Å²) < 4.78 is 24.1. The summed E-state index contributed by atoms with van der Waals surface area (Å²) in [5, 5.41) is 0. The summed E-state index contributed by atoms with van der Waals surface area (Å²) in [6.07, 6.45) is -1.49. The molecule has 1 heterocycles. The van der Waals surface area contributed by atoms with Crippen LogP contribution in [-0.2, 0) is 0 Å². The number of nitrogens with zero attached hydrogens (tertiary/aromatic N) is 1. The highest BCUT2D eigenvalue weighted by molar-refractivity contribution is 4.86. The zero-order valence-electron chi connectivity index (χ0n) is 6.35. The number of rotatable bonds is 2. The lowest BCUT2D eigenvalue weighted by molar-refractivity contribution is -0.0506. The molecule has 0 aliphatic carbocycles. The fraction of sp³-hybridized carbons (Fsp3) is 1.00. The molecule has 0 amide bonds. The topological polar surface area (TPSA) is 3.24 Å². The van der Waals surface area contributed by atoms with Gasteiger partial charge in [0, 0.05) is 12.6 Å². The van der Waals surface area contributed by atoms with Crippen LogP contribution in [0.4, 0.5) is 8.78 Å². The van der Waals surface area contributed by atoms with E-state index in [-0.39, 0.29) is 6.04 Å². The molecular weight excluding hydrogens is 136 g/mol. The van der Waals surface area contributed by atoms with Crippen LogP contribution in [0.3, 0.4) is 0 Å². The van der Waals surface area contributed by atoms with Gasteiger partial charge < -0.3 is 0 Å². The molecule has 0 spiro atoms. The minimum absolute atomic E-state index is 0.271. The second-order valence-corrected chi connectivity index (χ2v) is 3.02. The smallest absolute Gasteiger partial charge is 0.253 e. The van der Waals surface area contributed by atoms with Crippen molar-refractivity contribution in [3.8, 4) is 0 Å². The summed E-state index contributed by atoms with van der Waals surface area (Å²) in [4.78, 5) is 1.84. The Balaban J connectivity index is 2.36. The molecule has 1 nitrogen and oxygen atoms in total. The van der Waals surface area contributed by atoms with Crippen molar-refractivity contribution in [3.63, 3.8) is 0 Å². The predicted molar refractivity (Wildman–Crippen MR) is 36.3 cm³/mol. The van der Waals surface area contributed by atoms with E-state index in [0.29, 0.717) is 6.42 Å². The predicted octanol–water partition coefficient (Wildman–Crippen LogP) is 1.73. The number of likely N-dealkylation sites (tertiary alicyclic amines) is 1.